The maximum absolute atomic E-state index is 11.3. The Labute approximate surface area is 173 Å². The maximum Gasteiger partial charge on any atom is 0.227 e. The van der Waals surface area contributed by atoms with Crippen LogP contribution in [-0.4, -0.2) is 48.0 Å². The van der Waals surface area contributed by atoms with Crippen LogP contribution in [-0.2, 0) is 4.79 Å². The number of carbonyl (C=O) groups excluding carboxylic acids is 1. The van der Waals surface area contributed by atoms with Gasteiger partial charge in [-0.15, -0.1) is 0 Å². The van der Waals surface area contributed by atoms with Gasteiger partial charge in [0.05, 0.1) is 6.54 Å². The molecule has 0 saturated carbocycles. The number of aromatic nitrogens is 2. The van der Waals surface area contributed by atoms with E-state index in [0.29, 0.717) is 12.5 Å². The highest BCUT2D eigenvalue weighted by molar-refractivity contribution is 5.76. The van der Waals surface area contributed by atoms with Gasteiger partial charge in [0.1, 0.15) is 23.5 Å². The van der Waals surface area contributed by atoms with Gasteiger partial charge in [-0.05, 0) is 50.5 Å². The van der Waals surface area contributed by atoms with Crippen LogP contribution >= 0.6 is 0 Å². The van der Waals surface area contributed by atoms with Crippen molar-refractivity contribution < 1.29 is 9.53 Å². The second-order valence-corrected chi connectivity index (χ2v) is 8.27. The first-order valence-corrected chi connectivity index (χ1v) is 10.4. The lowest BCUT2D eigenvalue weighted by molar-refractivity contribution is -0.117. The first-order valence-electron chi connectivity index (χ1n) is 10.4. The quantitative estimate of drug-likeness (QED) is 0.671. The molecular weight excluding hydrogens is 364 g/mol. The third-order valence-electron chi connectivity index (χ3n) is 5.53. The highest BCUT2D eigenvalue weighted by Crippen LogP contribution is 2.26. The highest BCUT2D eigenvalue weighted by atomic mass is 16.5. The van der Waals surface area contributed by atoms with Crippen LogP contribution in [0.2, 0.25) is 0 Å². The van der Waals surface area contributed by atoms with Crippen molar-refractivity contribution >= 4 is 17.5 Å². The zero-order chi connectivity index (χ0) is 21.0. The van der Waals surface area contributed by atoms with E-state index in [0.717, 1.165) is 37.0 Å². The highest BCUT2D eigenvalue weighted by Gasteiger charge is 2.25. The van der Waals surface area contributed by atoms with Crippen LogP contribution < -0.4 is 14.5 Å². The number of ether oxygens (including phenoxy) is 1. The predicted octanol–water partition coefficient (Wildman–Crippen LogP) is 4.06. The van der Waals surface area contributed by atoms with E-state index in [2.05, 4.69) is 47.7 Å². The van der Waals surface area contributed by atoms with Crippen LogP contribution in [0.1, 0.15) is 52.0 Å². The molecule has 3 rings (SSSR count). The summed E-state index contributed by atoms with van der Waals surface area (Å²) >= 11 is 0. The van der Waals surface area contributed by atoms with E-state index in [1.165, 1.54) is 5.56 Å². The number of Topliss-reactive ketones (excluding diaryl/α,β-unsaturated/α-hetero) is 1. The van der Waals surface area contributed by atoms with Crippen molar-refractivity contribution in [3.63, 3.8) is 0 Å². The van der Waals surface area contributed by atoms with Crippen molar-refractivity contribution in [2.24, 2.45) is 0 Å². The van der Waals surface area contributed by atoms with Crippen molar-refractivity contribution in [3.05, 3.63) is 42.1 Å². The molecule has 6 heteroatoms. The lowest BCUT2D eigenvalue weighted by Crippen LogP contribution is -2.29. The van der Waals surface area contributed by atoms with Gasteiger partial charge in [0.25, 0.3) is 0 Å². The summed E-state index contributed by atoms with van der Waals surface area (Å²) in [6.45, 7) is 9.70. The van der Waals surface area contributed by atoms with E-state index < -0.39 is 0 Å². The maximum atomic E-state index is 11.3. The van der Waals surface area contributed by atoms with E-state index >= 15 is 0 Å². The van der Waals surface area contributed by atoms with Crippen molar-refractivity contribution in [3.8, 4) is 5.75 Å². The van der Waals surface area contributed by atoms with Crippen LogP contribution in [0.15, 0.2) is 36.5 Å². The molecular formula is C23H32N4O2. The largest absolute Gasteiger partial charge is 0.489 e. The Kier molecular flexibility index (Phi) is 6.72. The van der Waals surface area contributed by atoms with Gasteiger partial charge in [-0.25, -0.2) is 4.98 Å². The molecule has 1 aliphatic rings. The minimum Gasteiger partial charge on any atom is -0.489 e. The minimum absolute atomic E-state index is 0.136. The number of rotatable bonds is 8. The standard InChI is InChI=1S/C23H32N4O2/c1-16(2)26(5)23-24-12-10-22(25-23)27-13-11-21(15-27)29-20-8-6-19(7-9-20)17(3)14-18(4)28/h6-10,12,16-17,21H,11,13-15H2,1-5H3/t17-,21-/m1/s1. The van der Waals surface area contributed by atoms with Crippen LogP contribution in [0.4, 0.5) is 11.8 Å². The molecule has 0 bridgehead atoms. The molecule has 0 aliphatic carbocycles. The third-order valence-corrected chi connectivity index (χ3v) is 5.53. The summed E-state index contributed by atoms with van der Waals surface area (Å²) in [6.07, 6.45) is 3.50. The summed E-state index contributed by atoms with van der Waals surface area (Å²) < 4.78 is 6.20. The fourth-order valence-electron chi connectivity index (χ4n) is 3.57. The molecule has 0 radical (unpaired) electrons. The fourth-order valence-corrected chi connectivity index (χ4v) is 3.57. The molecule has 0 spiro atoms. The molecule has 1 saturated heterocycles. The lowest BCUT2D eigenvalue weighted by atomic mass is 9.96. The van der Waals surface area contributed by atoms with Gasteiger partial charge in [-0.2, -0.15) is 4.98 Å². The van der Waals surface area contributed by atoms with E-state index in [1.54, 1.807) is 6.92 Å². The van der Waals surface area contributed by atoms with Gasteiger partial charge >= 0.3 is 0 Å². The average molecular weight is 397 g/mol. The Morgan fingerprint density at radius 3 is 2.62 bits per heavy atom. The summed E-state index contributed by atoms with van der Waals surface area (Å²) in [6, 6.07) is 10.5. The Morgan fingerprint density at radius 2 is 1.97 bits per heavy atom. The van der Waals surface area contributed by atoms with Gasteiger partial charge in [-0.1, -0.05) is 19.1 Å². The Morgan fingerprint density at radius 1 is 1.24 bits per heavy atom. The summed E-state index contributed by atoms with van der Waals surface area (Å²) in [5.74, 6) is 3.02. The summed E-state index contributed by atoms with van der Waals surface area (Å²) in [4.78, 5) is 24.8. The Bertz CT molecular complexity index is 822. The first-order chi connectivity index (χ1) is 13.8. The van der Waals surface area contributed by atoms with Crippen LogP contribution in [0.25, 0.3) is 0 Å². The van der Waals surface area contributed by atoms with Crippen molar-refractivity contribution in [2.75, 3.05) is 29.9 Å². The van der Waals surface area contributed by atoms with Crippen LogP contribution in [0, 0.1) is 0 Å². The molecule has 0 unspecified atom stereocenters. The van der Waals surface area contributed by atoms with Gasteiger partial charge in [0, 0.05) is 38.7 Å². The van der Waals surface area contributed by atoms with Crippen molar-refractivity contribution in [1.82, 2.24) is 9.97 Å². The number of nitrogens with zero attached hydrogens (tertiary/aromatic N) is 4. The number of ketones is 1. The Balaban J connectivity index is 1.59. The number of hydrogen-bond donors (Lipinski definition) is 0. The van der Waals surface area contributed by atoms with Crippen LogP contribution in [0.3, 0.4) is 0 Å². The predicted molar refractivity (Wildman–Crippen MR) is 117 cm³/mol. The number of anilines is 2. The van der Waals surface area contributed by atoms with Gasteiger partial charge < -0.3 is 19.3 Å². The van der Waals surface area contributed by atoms with Crippen molar-refractivity contribution in [1.29, 1.82) is 0 Å². The van der Waals surface area contributed by atoms with Crippen LogP contribution in [0.5, 0.6) is 5.75 Å². The number of carbonyl (C=O) groups is 1. The number of hydrogen-bond acceptors (Lipinski definition) is 6. The Hall–Kier alpha value is -2.63. The normalized spacial score (nSPS) is 17.4. The third kappa shape index (κ3) is 5.46. The second kappa shape index (κ2) is 9.25. The molecule has 0 amide bonds. The average Bonchev–Trinajstić information content (AvgIpc) is 3.16. The van der Waals surface area contributed by atoms with Gasteiger partial charge in [0.2, 0.25) is 5.95 Å². The zero-order valence-corrected chi connectivity index (χ0v) is 18.1. The van der Waals surface area contributed by atoms with E-state index in [1.807, 2.05) is 31.4 Å². The molecule has 1 aromatic heterocycles. The molecule has 2 atom stereocenters. The fraction of sp³-hybridized carbons (Fsp3) is 0.522. The smallest absolute Gasteiger partial charge is 0.227 e. The zero-order valence-electron chi connectivity index (χ0n) is 18.1. The molecule has 1 aliphatic heterocycles. The van der Waals surface area contributed by atoms with Gasteiger partial charge in [0.15, 0.2) is 0 Å². The molecule has 1 aromatic carbocycles. The lowest BCUT2D eigenvalue weighted by Gasteiger charge is -2.23. The molecule has 1 fully saturated rings. The monoisotopic (exact) mass is 396 g/mol. The summed E-state index contributed by atoms with van der Waals surface area (Å²) in [5.41, 5.74) is 1.17. The molecule has 29 heavy (non-hydrogen) atoms. The number of benzene rings is 1. The minimum atomic E-state index is 0.136. The topological polar surface area (TPSA) is 58.6 Å². The molecule has 2 heterocycles. The molecule has 156 valence electrons. The van der Waals surface area contributed by atoms with E-state index in [9.17, 15) is 4.79 Å². The summed E-state index contributed by atoms with van der Waals surface area (Å²) in [7, 11) is 2.01. The second-order valence-electron chi connectivity index (χ2n) is 8.27. The molecule has 6 nitrogen and oxygen atoms in total. The molecule has 2 aromatic rings. The molecule has 0 N–H and O–H groups in total. The first kappa shape index (κ1) is 21.1. The van der Waals surface area contributed by atoms with E-state index in [-0.39, 0.29) is 17.8 Å². The van der Waals surface area contributed by atoms with Crippen molar-refractivity contribution in [2.45, 2.75) is 58.6 Å². The SMILES string of the molecule is CC(=O)C[C@@H](C)c1ccc(O[C@@H]2CCN(c3ccnc(N(C)C(C)C)n3)C2)cc1. The van der Waals surface area contributed by atoms with Gasteiger partial charge in [-0.3, -0.25) is 0 Å². The van der Waals surface area contributed by atoms with E-state index in [4.69, 9.17) is 9.72 Å². The summed E-state index contributed by atoms with van der Waals surface area (Å²) in [5, 5.41) is 0.